The average Bonchev–Trinajstić information content (AvgIpc) is 2.73. The zero-order valence-electron chi connectivity index (χ0n) is 9.63. The van der Waals surface area contributed by atoms with Crippen LogP contribution in [-0.4, -0.2) is 27.3 Å². The number of ether oxygens (including phenoxy) is 1. The second-order valence-electron chi connectivity index (χ2n) is 3.41. The molecule has 2 N–H and O–H groups in total. The first-order valence-corrected chi connectivity index (χ1v) is 6.05. The van der Waals surface area contributed by atoms with Gasteiger partial charge in [-0.2, -0.15) is 9.78 Å². The first-order valence-electron chi connectivity index (χ1n) is 5.26. The highest BCUT2D eigenvalue weighted by Gasteiger charge is 2.17. The maximum Gasteiger partial charge on any atom is 0.343 e. The molecule has 0 aliphatic rings. The van der Waals surface area contributed by atoms with Crippen LogP contribution in [0.2, 0.25) is 0 Å². The van der Waals surface area contributed by atoms with Gasteiger partial charge in [0, 0.05) is 10.7 Å². The Balaban J connectivity index is 2.36. The van der Waals surface area contributed by atoms with Crippen LogP contribution in [0, 0.1) is 0 Å². The zero-order valence-corrected chi connectivity index (χ0v) is 11.2. The number of nitrogens with zero attached hydrogens (tertiary/aromatic N) is 3. The molecule has 0 spiro atoms. The predicted molar refractivity (Wildman–Crippen MR) is 69.4 cm³/mol. The van der Waals surface area contributed by atoms with Crippen molar-refractivity contribution in [3.05, 3.63) is 34.6 Å². The number of carbonyl (C=O) groups is 1. The van der Waals surface area contributed by atoms with Gasteiger partial charge in [0.2, 0.25) is 0 Å². The Bertz CT molecular complexity index is 565. The molecule has 0 radical (unpaired) electrons. The third-order valence-corrected chi connectivity index (χ3v) is 2.70. The van der Waals surface area contributed by atoms with Crippen molar-refractivity contribution in [2.75, 3.05) is 12.3 Å². The molecule has 0 aliphatic heterocycles. The topological polar surface area (TPSA) is 83.0 Å². The van der Waals surface area contributed by atoms with E-state index in [1.807, 2.05) is 6.07 Å². The first-order chi connectivity index (χ1) is 8.63. The van der Waals surface area contributed by atoms with E-state index in [1.54, 1.807) is 19.2 Å². The third kappa shape index (κ3) is 2.35. The summed E-state index contributed by atoms with van der Waals surface area (Å²) >= 11 is 3.29. The number of halogens is 1. The van der Waals surface area contributed by atoms with Crippen LogP contribution in [0.25, 0.3) is 5.82 Å². The molecule has 0 saturated heterocycles. The number of hydrogen-bond acceptors (Lipinski definition) is 5. The highest BCUT2D eigenvalue weighted by molar-refractivity contribution is 9.10. The van der Waals surface area contributed by atoms with E-state index in [2.05, 4.69) is 26.0 Å². The summed E-state index contributed by atoms with van der Waals surface area (Å²) in [5, 5.41) is 4.03. The fourth-order valence-electron chi connectivity index (χ4n) is 1.40. The summed E-state index contributed by atoms with van der Waals surface area (Å²) in [6, 6.07) is 3.55. The van der Waals surface area contributed by atoms with Crippen LogP contribution in [0.3, 0.4) is 0 Å². The van der Waals surface area contributed by atoms with E-state index >= 15 is 0 Å². The SMILES string of the molecule is CCOC(=O)c1cnn(-c2ccc(Br)cn2)c1N. The molecule has 0 bridgehead atoms. The van der Waals surface area contributed by atoms with Crippen molar-refractivity contribution in [2.24, 2.45) is 0 Å². The van der Waals surface area contributed by atoms with Crippen molar-refractivity contribution in [2.45, 2.75) is 6.92 Å². The smallest absolute Gasteiger partial charge is 0.343 e. The molecule has 2 heterocycles. The molecule has 0 atom stereocenters. The Kier molecular flexibility index (Phi) is 3.61. The van der Waals surface area contributed by atoms with Crippen molar-refractivity contribution >= 4 is 27.7 Å². The van der Waals surface area contributed by atoms with Crippen LogP contribution >= 0.6 is 15.9 Å². The Morgan fingerprint density at radius 3 is 2.89 bits per heavy atom. The maximum atomic E-state index is 11.6. The molecule has 0 saturated carbocycles. The average molecular weight is 311 g/mol. The van der Waals surface area contributed by atoms with Gasteiger partial charge in [-0.25, -0.2) is 9.78 Å². The van der Waals surface area contributed by atoms with E-state index in [-0.39, 0.29) is 11.4 Å². The Morgan fingerprint density at radius 2 is 2.28 bits per heavy atom. The molecule has 0 amide bonds. The molecule has 0 fully saturated rings. The monoisotopic (exact) mass is 310 g/mol. The predicted octanol–water partition coefficient (Wildman–Crippen LogP) is 1.79. The lowest BCUT2D eigenvalue weighted by Crippen LogP contribution is -2.09. The lowest BCUT2D eigenvalue weighted by molar-refractivity contribution is 0.0527. The first kappa shape index (κ1) is 12.6. The second kappa shape index (κ2) is 5.18. The number of esters is 1. The number of anilines is 1. The normalized spacial score (nSPS) is 10.3. The maximum absolute atomic E-state index is 11.6. The summed E-state index contributed by atoms with van der Waals surface area (Å²) < 4.78 is 7.11. The van der Waals surface area contributed by atoms with Crippen LogP contribution in [0.1, 0.15) is 17.3 Å². The highest BCUT2D eigenvalue weighted by Crippen LogP contribution is 2.17. The summed E-state index contributed by atoms with van der Waals surface area (Å²) in [6.07, 6.45) is 3.00. The largest absolute Gasteiger partial charge is 0.462 e. The molecule has 6 nitrogen and oxygen atoms in total. The molecule has 94 valence electrons. The third-order valence-electron chi connectivity index (χ3n) is 2.23. The fourth-order valence-corrected chi connectivity index (χ4v) is 1.63. The van der Waals surface area contributed by atoms with Gasteiger partial charge in [0.1, 0.15) is 11.4 Å². The molecule has 7 heteroatoms. The Morgan fingerprint density at radius 1 is 1.50 bits per heavy atom. The van der Waals surface area contributed by atoms with Gasteiger partial charge in [-0.05, 0) is 35.0 Å². The van der Waals surface area contributed by atoms with Crippen molar-refractivity contribution in [3.63, 3.8) is 0 Å². The molecule has 2 aromatic heterocycles. The number of nitrogen functional groups attached to an aromatic ring is 1. The number of rotatable bonds is 3. The lowest BCUT2D eigenvalue weighted by atomic mass is 10.3. The molecule has 2 aromatic rings. The fraction of sp³-hybridized carbons (Fsp3) is 0.182. The highest BCUT2D eigenvalue weighted by atomic mass is 79.9. The van der Waals surface area contributed by atoms with E-state index in [0.29, 0.717) is 12.4 Å². The van der Waals surface area contributed by atoms with Crippen molar-refractivity contribution < 1.29 is 9.53 Å². The molecule has 18 heavy (non-hydrogen) atoms. The van der Waals surface area contributed by atoms with Crippen molar-refractivity contribution in [1.29, 1.82) is 0 Å². The standard InChI is InChI=1S/C11H11BrN4O2/c1-2-18-11(17)8-6-15-16(10(8)13)9-4-3-7(12)5-14-9/h3-6H,2,13H2,1H3. The van der Waals surface area contributed by atoms with Crippen LogP contribution in [0.4, 0.5) is 5.82 Å². The van der Waals surface area contributed by atoms with Gasteiger partial charge >= 0.3 is 5.97 Å². The molecule has 0 aromatic carbocycles. The minimum atomic E-state index is -0.488. The van der Waals surface area contributed by atoms with Gasteiger partial charge in [-0.1, -0.05) is 0 Å². The molecule has 0 aliphatic carbocycles. The zero-order chi connectivity index (χ0) is 13.1. The lowest BCUT2D eigenvalue weighted by Gasteiger charge is -2.04. The van der Waals surface area contributed by atoms with Crippen LogP contribution in [-0.2, 0) is 4.74 Å². The summed E-state index contributed by atoms with van der Waals surface area (Å²) in [5.41, 5.74) is 6.09. The Labute approximate surface area is 112 Å². The summed E-state index contributed by atoms with van der Waals surface area (Å²) in [7, 11) is 0. The quantitative estimate of drug-likeness (QED) is 0.874. The van der Waals surface area contributed by atoms with E-state index in [4.69, 9.17) is 10.5 Å². The number of carbonyl (C=O) groups excluding carboxylic acids is 1. The van der Waals surface area contributed by atoms with Crippen LogP contribution in [0.15, 0.2) is 29.0 Å². The molecule has 2 rings (SSSR count). The minimum Gasteiger partial charge on any atom is -0.462 e. The Hall–Kier alpha value is -1.89. The summed E-state index contributed by atoms with van der Waals surface area (Å²) in [6.45, 7) is 2.02. The van der Waals surface area contributed by atoms with Gasteiger partial charge in [0.25, 0.3) is 0 Å². The summed E-state index contributed by atoms with van der Waals surface area (Å²) in [5.74, 6) is 0.257. The second-order valence-corrected chi connectivity index (χ2v) is 4.33. The molecule has 0 unspecified atom stereocenters. The van der Waals surface area contributed by atoms with E-state index in [0.717, 1.165) is 4.47 Å². The van der Waals surface area contributed by atoms with Gasteiger partial charge in [0.05, 0.1) is 12.8 Å². The van der Waals surface area contributed by atoms with Gasteiger partial charge in [0.15, 0.2) is 5.82 Å². The number of pyridine rings is 1. The van der Waals surface area contributed by atoms with Crippen LogP contribution < -0.4 is 5.73 Å². The number of aromatic nitrogens is 3. The molecular formula is C11H11BrN4O2. The number of hydrogen-bond donors (Lipinski definition) is 1. The molecular weight excluding hydrogens is 300 g/mol. The minimum absolute atomic E-state index is 0.211. The van der Waals surface area contributed by atoms with Crippen molar-refractivity contribution in [3.8, 4) is 5.82 Å². The number of nitrogens with two attached hydrogens (primary N) is 1. The van der Waals surface area contributed by atoms with Gasteiger partial charge < -0.3 is 10.5 Å². The summed E-state index contributed by atoms with van der Waals surface area (Å²) in [4.78, 5) is 15.7. The van der Waals surface area contributed by atoms with E-state index < -0.39 is 5.97 Å². The van der Waals surface area contributed by atoms with E-state index in [1.165, 1.54) is 10.9 Å². The van der Waals surface area contributed by atoms with E-state index in [9.17, 15) is 4.79 Å². The van der Waals surface area contributed by atoms with Crippen LogP contribution in [0.5, 0.6) is 0 Å². The van der Waals surface area contributed by atoms with Gasteiger partial charge in [-0.15, -0.1) is 0 Å². The van der Waals surface area contributed by atoms with Crippen molar-refractivity contribution in [1.82, 2.24) is 14.8 Å². The van der Waals surface area contributed by atoms with Gasteiger partial charge in [-0.3, -0.25) is 0 Å².